The number of hydrogen-bond donors (Lipinski definition) is 0. The highest BCUT2D eigenvalue weighted by atomic mass is 16.5. The maximum atomic E-state index is 6.14. The lowest BCUT2D eigenvalue weighted by Gasteiger charge is -2.20. The van der Waals surface area contributed by atoms with E-state index >= 15 is 0 Å². The van der Waals surface area contributed by atoms with Gasteiger partial charge in [0.1, 0.15) is 11.5 Å². The average Bonchev–Trinajstić information content (AvgIpc) is 3.08. The monoisotopic (exact) mass is 353 g/mol. The van der Waals surface area contributed by atoms with Crippen molar-refractivity contribution >= 4 is 0 Å². The smallest absolute Gasteiger partial charge is 0.122 e. The van der Waals surface area contributed by atoms with Crippen molar-refractivity contribution in [2.24, 2.45) is 0 Å². The van der Waals surface area contributed by atoms with Gasteiger partial charge in [-0.3, -0.25) is 0 Å². The molecule has 1 aliphatic rings. The molecule has 0 N–H and O–H groups in total. The number of aryl methyl sites for hydroxylation is 2. The standard InChI is InChI=1S/C23H31NO2/c1-24-16-7-12-21(24)15-17-26-23-14-4-3-10-20(23)11-5-8-19-9-6-13-22(18-19)25-2/h3-4,6,9-10,13-14,18,21H,5,7-8,11-12,15-17H2,1-2H3. The van der Waals surface area contributed by atoms with E-state index in [2.05, 4.69) is 54.4 Å². The van der Waals surface area contributed by atoms with Crippen LogP contribution in [0.2, 0.25) is 0 Å². The average molecular weight is 354 g/mol. The van der Waals surface area contributed by atoms with Gasteiger partial charge in [-0.05, 0) is 81.4 Å². The third kappa shape index (κ3) is 5.25. The summed E-state index contributed by atoms with van der Waals surface area (Å²) >= 11 is 0. The van der Waals surface area contributed by atoms with Crippen molar-refractivity contribution in [3.63, 3.8) is 0 Å². The van der Waals surface area contributed by atoms with Gasteiger partial charge in [-0.25, -0.2) is 0 Å². The molecule has 1 saturated heterocycles. The van der Waals surface area contributed by atoms with Gasteiger partial charge in [0.25, 0.3) is 0 Å². The second-order valence-electron chi connectivity index (χ2n) is 7.23. The lowest BCUT2D eigenvalue weighted by atomic mass is 10.0. The molecular weight excluding hydrogens is 322 g/mol. The highest BCUT2D eigenvalue weighted by Gasteiger charge is 2.20. The number of para-hydroxylation sites is 1. The molecule has 2 aromatic carbocycles. The van der Waals surface area contributed by atoms with Crippen molar-refractivity contribution < 1.29 is 9.47 Å². The predicted molar refractivity (Wildman–Crippen MR) is 107 cm³/mol. The Morgan fingerprint density at radius 3 is 2.77 bits per heavy atom. The second kappa shape index (κ2) is 9.63. The SMILES string of the molecule is COc1cccc(CCCc2ccccc2OCCC2CCCN2C)c1. The van der Waals surface area contributed by atoms with Crippen LogP contribution in [0.4, 0.5) is 0 Å². The maximum absolute atomic E-state index is 6.14. The van der Waals surface area contributed by atoms with E-state index in [4.69, 9.17) is 9.47 Å². The van der Waals surface area contributed by atoms with Gasteiger partial charge in [0.05, 0.1) is 13.7 Å². The molecule has 0 radical (unpaired) electrons. The summed E-state index contributed by atoms with van der Waals surface area (Å²) in [5.41, 5.74) is 2.64. The summed E-state index contributed by atoms with van der Waals surface area (Å²) in [4.78, 5) is 2.46. The van der Waals surface area contributed by atoms with Gasteiger partial charge in [-0.15, -0.1) is 0 Å². The van der Waals surface area contributed by atoms with E-state index in [-0.39, 0.29) is 0 Å². The van der Waals surface area contributed by atoms with Crippen LogP contribution in [0.5, 0.6) is 11.5 Å². The molecule has 3 rings (SSSR count). The number of nitrogens with zero attached hydrogens (tertiary/aromatic N) is 1. The Labute approximate surface area is 157 Å². The summed E-state index contributed by atoms with van der Waals surface area (Å²) in [6.07, 6.45) is 6.95. The molecule has 3 nitrogen and oxygen atoms in total. The zero-order valence-corrected chi connectivity index (χ0v) is 16.1. The van der Waals surface area contributed by atoms with Crippen molar-refractivity contribution in [1.82, 2.24) is 4.90 Å². The molecule has 26 heavy (non-hydrogen) atoms. The number of rotatable bonds is 9. The molecule has 1 unspecified atom stereocenters. The lowest BCUT2D eigenvalue weighted by Crippen LogP contribution is -2.26. The molecule has 0 saturated carbocycles. The lowest BCUT2D eigenvalue weighted by molar-refractivity contribution is 0.232. The number of benzene rings is 2. The number of likely N-dealkylation sites (tertiary alicyclic amines) is 1. The van der Waals surface area contributed by atoms with Crippen molar-refractivity contribution in [2.45, 2.75) is 44.6 Å². The van der Waals surface area contributed by atoms with Crippen LogP contribution in [-0.2, 0) is 12.8 Å². The fourth-order valence-corrected chi connectivity index (χ4v) is 3.81. The van der Waals surface area contributed by atoms with E-state index in [9.17, 15) is 0 Å². The first-order chi connectivity index (χ1) is 12.8. The molecule has 1 fully saturated rings. The topological polar surface area (TPSA) is 21.7 Å². The summed E-state index contributed by atoms with van der Waals surface area (Å²) in [5, 5.41) is 0. The Morgan fingerprint density at radius 2 is 1.96 bits per heavy atom. The van der Waals surface area contributed by atoms with Crippen LogP contribution in [0.15, 0.2) is 48.5 Å². The number of ether oxygens (including phenoxy) is 2. The number of methoxy groups -OCH3 is 1. The third-order valence-corrected chi connectivity index (χ3v) is 5.40. The van der Waals surface area contributed by atoms with Crippen LogP contribution >= 0.6 is 0 Å². The van der Waals surface area contributed by atoms with Crippen molar-refractivity contribution in [3.05, 3.63) is 59.7 Å². The zero-order valence-electron chi connectivity index (χ0n) is 16.1. The molecule has 1 heterocycles. The largest absolute Gasteiger partial charge is 0.497 e. The fourth-order valence-electron chi connectivity index (χ4n) is 3.81. The van der Waals surface area contributed by atoms with Gasteiger partial charge >= 0.3 is 0 Å². The summed E-state index contributed by atoms with van der Waals surface area (Å²) in [5.74, 6) is 1.99. The summed E-state index contributed by atoms with van der Waals surface area (Å²) < 4.78 is 11.4. The Balaban J connectivity index is 1.48. The van der Waals surface area contributed by atoms with Crippen LogP contribution in [0, 0.1) is 0 Å². The molecule has 0 aromatic heterocycles. The van der Waals surface area contributed by atoms with E-state index < -0.39 is 0 Å². The molecule has 0 spiro atoms. The fraction of sp³-hybridized carbons (Fsp3) is 0.478. The Kier molecular flexibility index (Phi) is 6.96. The predicted octanol–water partition coefficient (Wildman–Crippen LogP) is 4.73. The van der Waals surface area contributed by atoms with E-state index in [0.29, 0.717) is 6.04 Å². The Bertz CT molecular complexity index is 685. The number of hydrogen-bond acceptors (Lipinski definition) is 3. The minimum Gasteiger partial charge on any atom is -0.497 e. The minimum atomic E-state index is 0.690. The summed E-state index contributed by atoms with van der Waals surface area (Å²) in [6.45, 7) is 2.04. The molecule has 0 amide bonds. The van der Waals surface area contributed by atoms with Crippen LogP contribution in [-0.4, -0.2) is 38.3 Å². The molecule has 140 valence electrons. The molecule has 3 heteroatoms. The van der Waals surface area contributed by atoms with Gasteiger partial charge in [0.2, 0.25) is 0 Å². The van der Waals surface area contributed by atoms with Crippen molar-refractivity contribution in [3.8, 4) is 11.5 Å². The maximum Gasteiger partial charge on any atom is 0.122 e. The third-order valence-electron chi connectivity index (χ3n) is 5.40. The highest BCUT2D eigenvalue weighted by molar-refractivity contribution is 5.34. The molecule has 1 aliphatic heterocycles. The molecule has 0 bridgehead atoms. The molecule has 0 aliphatic carbocycles. The summed E-state index contributed by atoms with van der Waals surface area (Å²) in [6, 6.07) is 17.5. The quantitative estimate of drug-likeness (QED) is 0.650. The Morgan fingerprint density at radius 1 is 1.08 bits per heavy atom. The Hall–Kier alpha value is -2.00. The van der Waals surface area contributed by atoms with Crippen LogP contribution in [0.3, 0.4) is 0 Å². The van der Waals surface area contributed by atoms with Crippen LogP contribution in [0.25, 0.3) is 0 Å². The van der Waals surface area contributed by atoms with Gasteiger partial charge in [-0.2, -0.15) is 0 Å². The minimum absolute atomic E-state index is 0.690. The molecular formula is C23H31NO2. The van der Waals surface area contributed by atoms with Gasteiger partial charge in [0, 0.05) is 6.04 Å². The second-order valence-corrected chi connectivity index (χ2v) is 7.23. The zero-order chi connectivity index (χ0) is 18.2. The van der Waals surface area contributed by atoms with Gasteiger partial charge in [0.15, 0.2) is 0 Å². The van der Waals surface area contributed by atoms with E-state index in [1.165, 1.54) is 30.5 Å². The van der Waals surface area contributed by atoms with Crippen molar-refractivity contribution in [2.75, 3.05) is 27.3 Å². The van der Waals surface area contributed by atoms with Crippen LogP contribution in [0.1, 0.15) is 36.8 Å². The van der Waals surface area contributed by atoms with E-state index in [0.717, 1.165) is 43.8 Å². The molecule has 2 aromatic rings. The first kappa shape index (κ1) is 18.8. The first-order valence-corrected chi connectivity index (χ1v) is 9.80. The first-order valence-electron chi connectivity index (χ1n) is 9.80. The van der Waals surface area contributed by atoms with E-state index in [1.54, 1.807) is 7.11 Å². The summed E-state index contributed by atoms with van der Waals surface area (Å²) in [7, 11) is 3.94. The van der Waals surface area contributed by atoms with E-state index in [1.807, 2.05) is 6.07 Å². The van der Waals surface area contributed by atoms with Gasteiger partial charge < -0.3 is 14.4 Å². The highest BCUT2D eigenvalue weighted by Crippen LogP contribution is 2.23. The van der Waals surface area contributed by atoms with Gasteiger partial charge in [-0.1, -0.05) is 30.3 Å². The normalized spacial score (nSPS) is 17.4. The van der Waals surface area contributed by atoms with Crippen LogP contribution < -0.4 is 9.47 Å². The van der Waals surface area contributed by atoms with Crippen molar-refractivity contribution in [1.29, 1.82) is 0 Å². The molecule has 1 atom stereocenters.